The number of amidine groups is 2. The molecule has 0 saturated heterocycles. The van der Waals surface area contributed by atoms with E-state index >= 15 is 0 Å². The van der Waals surface area contributed by atoms with E-state index in [1.54, 1.807) is 0 Å². The van der Waals surface area contributed by atoms with Crippen LogP contribution in [0.15, 0.2) is 10.2 Å². The number of rotatable bonds is 12. The van der Waals surface area contributed by atoms with Gasteiger partial charge in [0.25, 0.3) is 0 Å². The molecule has 0 aliphatic carbocycles. The lowest BCUT2D eigenvalue weighted by molar-refractivity contribution is 0.398. The van der Waals surface area contributed by atoms with Crippen LogP contribution in [0.2, 0.25) is 0 Å². The monoisotopic (exact) mass is 512 g/mol. The van der Waals surface area contributed by atoms with Crippen molar-refractivity contribution in [3.63, 3.8) is 0 Å². The molecule has 0 aliphatic heterocycles. The lowest BCUT2D eigenvalue weighted by Gasteiger charge is -2.25. The molecule has 0 aromatic rings. The molecule has 0 aromatic carbocycles. The summed E-state index contributed by atoms with van der Waals surface area (Å²) in [4.78, 5) is 4.24. The number of azo groups is 1. The molecular formula is C18H44Cl4N8. The van der Waals surface area contributed by atoms with Crippen molar-refractivity contribution in [1.29, 1.82) is 10.8 Å². The van der Waals surface area contributed by atoms with E-state index in [0.717, 1.165) is 39.0 Å². The van der Waals surface area contributed by atoms with Crippen LogP contribution in [0.5, 0.6) is 0 Å². The zero-order valence-corrected chi connectivity index (χ0v) is 22.9. The lowest BCUT2D eigenvalue weighted by atomic mass is 10.0. The predicted octanol–water partition coefficient (Wildman–Crippen LogP) is 3.72. The Morgan fingerprint density at radius 2 is 0.933 bits per heavy atom. The van der Waals surface area contributed by atoms with Crippen LogP contribution in [0.25, 0.3) is 0 Å². The summed E-state index contributed by atoms with van der Waals surface area (Å²) >= 11 is 0. The summed E-state index contributed by atoms with van der Waals surface area (Å²) in [5, 5.41) is 31.4. The van der Waals surface area contributed by atoms with Crippen molar-refractivity contribution >= 4 is 61.3 Å². The van der Waals surface area contributed by atoms with Crippen LogP contribution in [0, 0.1) is 10.8 Å². The van der Waals surface area contributed by atoms with Gasteiger partial charge in [0.2, 0.25) is 0 Å². The highest BCUT2D eigenvalue weighted by Crippen LogP contribution is 2.16. The normalized spacial score (nSPS) is 11.1. The van der Waals surface area contributed by atoms with Gasteiger partial charge in [-0.15, -0.1) is 49.6 Å². The number of halogens is 4. The summed E-state index contributed by atoms with van der Waals surface area (Å²) in [5.41, 5.74) is -1.47. The van der Waals surface area contributed by atoms with E-state index in [2.05, 4.69) is 30.7 Å². The van der Waals surface area contributed by atoms with E-state index in [-0.39, 0.29) is 49.6 Å². The summed E-state index contributed by atoms with van der Waals surface area (Å²) in [6.45, 7) is 10.9. The van der Waals surface area contributed by atoms with E-state index in [0.29, 0.717) is 11.7 Å². The van der Waals surface area contributed by atoms with Gasteiger partial charge in [-0.25, -0.2) is 0 Å². The minimum Gasteiger partial charge on any atom is -0.372 e. The lowest BCUT2D eigenvalue weighted by Crippen LogP contribution is -2.43. The maximum atomic E-state index is 8.22. The van der Waals surface area contributed by atoms with Crippen LogP contribution in [-0.2, 0) is 0 Å². The van der Waals surface area contributed by atoms with E-state index in [1.807, 2.05) is 55.9 Å². The Balaban J connectivity index is -0.000000521. The summed E-state index contributed by atoms with van der Waals surface area (Å²) in [5.74, 6) is 0.697. The second-order valence-electron chi connectivity index (χ2n) is 8.24. The van der Waals surface area contributed by atoms with E-state index < -0.39 is 11.1 Å². The van der Waals surface area contributed by atoms with Gasteiger partial charge in [0.05, 0.1) is 0 Å². The summed E-state index contributed by atoms with van der Waals surface area (Å²) in [6, 6.07) is 0. The molecule has 0 atom stereocenters. The average molecular weight is 514 g/mol. The molecular weight excluding hydrogens is 470 g/mol. The van der Waals surface area contributed by atoms with E-state index in [9.17, 15) is 0 Å². The molecule has 184 valence electrons. The first-order chi connectivity index (χ1) is 11.9. The number of nitrogens with zero attached hydrogens (tertiary/aromatic N) is 4. The van der Waals surface area contributed by atoms with Crippen molar-refractivity contribution in [3.05, 3.63) is 0 Å². The first-order valence-electron chi connectivity index (χ1n) is 9.28. The third-order valence-electron chi connectivity index (χ3n) is 3.94. The minimum atomic E-state index is -0.736. The smallest absolute Gasteiger partial charge is 0.132 e. The molecule has 0 saturated carbocycles. The highest BCUT2D eigenvalue weighted by atomic mass is 35.5. The van der Waals surface area contributed by atoms with Crippen molar-refractivity contribution < 1.29 is 0 Å². The molecule has 0 heterocycles. The predicted molar refractivity (Wildman–Crippen MR) is 140 cm³/mol. The molecule has 0 radical (unpaired) electrons. The molecule has 12 heteroatoms. The fourth-order valence-electron chi connectivity index (χ4n) is 2.00. The highest BCUT2D eigenvalue weighted by molar-refractivity contribution is 5.89. The van der Waals surface area contributed by atoms with Gasteiger partial charge in [-0.3, -0.25) is 10.8 Å². The molecule has 0 amide bonds. The van der Waals surface area contributed by atoms with Crippen molar-refractivity contribution in [2.75, 3.05) is 54.4 Å². The zero-order chi connectivity index (χ0) is 20.4. The first kappa shape index (κ1) is 40.0. The van der Waals surface area contributed by atoms with Gasteiger partial charge in [-0.2, -0.15) is 10.2 Å². The molecule has 4 N–H and O–H groups in total. The molecule has 8 nitrogen and oxygen atoms in total. The molecule has 30 heavy (non-hydrogen) atoms. The third-order valence-corrected chi connectivity index (χ3v) is 3.94. The maximum absolute atomic E-state index is 8.22. The van der Waals surface area contributed by atoms with Gasteiger partial charge >= 0.3 is 0 Å². The molecule has 0 aliphatic rings. The third kappa shape index (κ3) is 18.4. The second kappa shape index (κ2) is 19.3. The molecule has 0 rings (SSSR count). The maximum Gasteiger partial charge on any atom is 0.132 e. The molecule has 0 spiro atoms. The quantitative estimate of drug-likeness (QED) is 0.138. The second-order valence-corrected chi connectivity index (χ2v) is 8.24. The summed E-state index contributed by atoms with van der Waals surface area (Å²) < 4.78 is 0. The van der Waals surface area contributed by atoms with Crippen molar-refractivity contribution in [2.24, 2.45) is 10.2 Å². The van der Waals surface area contributed by atoms with Crippen LogP contribution >= 0.6 is 49.6 Å². The van der Waals surface area contributed by atoms with Crippen molar-refractivity contribution in [1.82, 2.24) is 20.4 Å². The number of hydrogen-bond acceptors (Lipinski definition) is 6. The largest absolute Gasteiger partial charge is 0.372 e. The fourth-order valence-corrected chi connectivity index (χ4v) is 2.00. The molecule has 0 aromatic heterocycles. The minimum absolute atomic E-state index is 0. The Bertz CT molecular complexity index is 441. The van der Waals surface area contributed by atoms with Gasteiger partial charge < -0.3 is 20.4 Å². The van der Waals surface area contributed by atoms with Crippen LogP contribution < -0.4 is 10.6 Å². The summed E-state index contributed by atoms with van der Waals surface area (Å²) in [7, 11) is 8.15. The first-order valence-corrected chi connectivity index (χ1v) is 9.28. The molecule has 0 unspecified atom stereocenters. The topological polar surface area (TPSA) is 103 Å². The van der Waals surface area contributed by atoms with Gasteiger partial charge in [0.15, 0.2) is 0 Å². The molecule has 0 fully saturated rings. The van der Waals surface area contributed by atoms with Gasteiger partial charge in [0, 0.05) is 13.1 Å². The summed E-state index contributed by atoms with van der Waals surface area (Å²) in [6.07, 6.45) is 1.94. The zero-order valence-electron chi connectivity index (χ0n) is 19.7. The van der Waals surface area contributed by atoms with Crippen LogP contribution in [0.4, 0.5) is 0 Å². The van der Waals surface area contributed by atoms with E-state index in [4.69, 9.17) is 10.8 Å². The Labute approximate surface area is 208 Å². The Hall–Kier alpha value is -0.380. The Kier molecular flexibility index (Phi) is 25.8. The highest BCUT2D eigenvalue weighted by Gasteiger charge is 2.28. The van der Waals surface area contributed by atoms with Crippen LogP contribution in [-0.4, -0.2) is 86.9 Å². The van der Waals surface area contributed by atoms with Crippen molar-refractivity contribution in [2.45, 2.75) is 51.6 Å². The fraction of sp³-hybridized carbons (Fsp3) is 0.889. The van der Waals surface area contributed by atoms with Gasteiger partial charge in [-0.05, 0) is 81.8 Å². The Morgan fingerprint density at radius 1 is 0.667 bits per heavy atom. The number of hydrogen-bond donors (Lipinski definition) is 4. The van der Waals surface area contributed by atoms with Crippen LogP contribution in [0.1, 0.15) is 40.5 Å². The standard InChI is InChI=1S/C18H40N8.4ClH/c1-17(2,15(19)21-11-9-13-25(5)6)23-24-18(3,4)16(20)22-12-10-14-26(7)8;;;;/h9-14H2,1-8H3,(H2,19,21)(H2,20,22);4*1H. The Morgan fingerprint density at radius 3 is 1.17 bits per heavy atom. The molecule has 0 bridgehead atoms. The van der Waals surface area contributed by atoms with Gasteiger partial charge in [0.1, 0.15) is 22.7 Å². The van der Waals surface area contributed by atoms with Crippen LogP contribution in [0.3, 0.4) is 0 Å². The van der Waals surface area contributed by atoms with Gasteiger partial charge in [-0.1, -0.05) is 0 Å². The average Bonchev–Trinajstić information content (AvgIpc) is 2.53. The van der Waals surface area contributed by atoms with E-state index in [1.165, 1.54) is 0 Å². The SMILES string of the molecule is CN(C)CCCNC(=N)C(C)(C)N=NC(C)(C)C(=N)NCCCN(C)C.Cl.Cl.Cl.Cl. The van der Waals surface area contributed by atoms with Crippen molar-refractivity contribution in [3.8, 4) is 0 Å². The number of nitrogens with one attached hydrogen (secondary N) is 4.